The van der Waals surface area contributed by atoms with Crippen LogP contribution >= 0.6 is 11.3 Å². The normalized spacial score (nSPS) is 10.8. The van der Waals surface area contributed by atoms with E-state index in [9.17, 15) is 9.18 Å². The standard InChI is InChI=1S/C22H18FN3O2S/c1-2-28-18-10-6-11-19-20(18)25-22(29-19)26(14-17-9-3-4-12-24-17)21(27)15-7-5-8-16(23)13-15/h3-13H,2,14H2,1H3. The summed E-state index contributed by atoms with van der Waals surface area (Å²) in [5.74, 6) is -0.132. The number of carbonyl (C=O) groups excluding carboxylic acids is 1. The van der Waals surface area contributed by atoms with Gasteiger partial charge in [-0.05, 0) is 49.4 Å². The van der Waals surface area contributed by atoms with Crippen molar-refractivity contribution in [3.05, 3.63) is 83.9 Å². The SMILES string of the molecule is CCOc1cccc2sc(N(Cc3ccccn3)C(=O)c3cccc(F)c3)nc12. The molecule has 2 heterocycles. The lowest BCUT2D eigenvalue weighted by molar-refractivity contribution is 0.0984. The molecule has 29 heavy (non-hydrogen) atoms. The summed E-state index contributed by atoms with van der Waals surface area (Å²) >= 11 is 1.38. The zero-order valence-electron chi connectivity index (χ0n) is 15.7. The Morgan fingerprint density at radius 2 is 2.00 bits per heavy atom. The molecule has 7 heteroatoms. The van der Waals surface area contributed by atoms with Gasteiger partial charge in [-0.2, -0.15) is 0 Å². The average molecular weight is 407 g/mol. The molecule has 0 saturated heterocycles. The highest BCUT2D eigenvalue weighted by molar-refractivity contribution is 7.22. The van der Waals surface area contributed by atoms with Crippen LogP contribution in [0.2, 0.25) is 0 Å². The number of hydrogen-bond acceptors (Lipinski definition) is 5. The topological polar surface area (TPSA) is 55.3 Å². The van der Waals surface area contributed by atoms with Gasteiger partial charge in [0.15, 0.2) is 5.13 Å². The van der Waals surface area contributed by atoms with Gasteiger partial charge in [0.25, 0.3) is 5.91 Å². The Morgan fingerprint density at radius 1 is 1.14 bits per heavy atom. The molecule has 2 aromatic carbocycles. The average Bonchev–Trinajstić information content (AvgIpc) is 3.17. The summed E-state index contributed by atoms with van der Waals surface area (Å²) in [5, 5.41) is 0.507. The number of nitrogens with zero attached hydrogens (tertiary/aromatic N) is 3. The van der Waals surface area contributed by atoms with Crippen molar-refractivity contribution >= 4 is 32.6 Å². The molecule has 0 radical (unpaired) electrons. The molecule has 5 nitrogen and oxygen atoms in total. The van der Waals surface area contributed by atoms with Gasteiger partial charge in [0.1, 0.15) is 17.1 Å². The lowest BCUT2D eigenvalue weighted by Crippen LogP contribution is -2.30. The fourth-order valence-corrected chi connectivity index (χ4v) is 3.94. The molecular formula is C22H18FN3O2S. The minimum atomic E-state index is -0.462. The van der Waals surface area contributed by atoms with Crippen LogP contribution in [0.4, 0.5) is 9.52 Å². The molecule has 0 fully saturated rings. The van der Waals surface area contributed by atoms with Crippen LogP contribution in [0.1, 0.15) is 23.0 Å². The van der Waals surface area contributed by atoms with E-state index < -0.39 is 5.82 Å². The highest BCUT2D eigenvalue weighted by Gasteiger charge is 2.23. The van der Waals surface area contributed by atoms with E-state index in [-0.39, 0.29) is 18.0 Å². The summed E-state index contributed by atoms with van der Waals surface area (Å²) in [6.45, 7) is 2.65. The molecule has 0 aliphatic rings. The molecule has 0 atom stereocenters. The lowest BCUT2D eigenvalue weighted by atomic mass is 10.2. The molecule has 1 amide bonds. The Bertz CT molecular complexity index is 1150. The molecule has 0 aliphatic heterocycles. The Kier molecular flexibility index (Phi) is 5.48. The number of para-hydroxylation sites is 1. The van der Waals surface area contributed by atoms with Gasteiger partial charge in [0.2, 0.25) is 0 Å². The first-order chi connectivity index (χ1) is 14.2. The van der Waals surface area contributed by atoms with E-state index >= 15 is 0 Å². The number of ether oxygens (including phenoxy) is 1. The van der Waals surface area contributed by atoms with Gasteiger partial charge in [-0.25, -0.2) is 9.37 Å². The third-order valence-electron chi connectivity index (χ3n) is 4.26. The van der Waals surface area contributed by atoms with Crippen molar-refractivity contribution in [1.29, 1.82) is 0 Å². The van der Waals surface area contributed by atoms with Crippen LogP contribution in [-0.4, -0.2) is 22.5 Å². The molecule has 2 aromatic heterocycles. The number of aromatic nitrogens is 2. The molecule has 0 spiro atoms. The first-order valence-corrected chi connectivity index (χ1v) is 9.97. The number of pyridine rings is 1. The Hall–Kier alpha value is -3.32. The molecule has 0 bridgehead atoms. The van der Waals surface area contributed by atoms with Crippen LogP contribution < -0.4 is 9.64 Å². The lowest BCUT2D eigenvalue weighted by Gasteiger charge is -2.19. The summed E-state index contributed by atoms with van der Waals surface area (Å²) in [5.41, 5.74) is 1.67. The minimum absolute atomic E-state index is 0.222. The molecule has 146 valence electrons. The van der Waals surface area contributed by atoms with Crippen molar-refractivity contribution in [2.45, 2.75) is 13.5 Å². The van der Waals surface area contributed by atoms with Crippen LogP contribution in [0.5, 0.6) is 5.75 Å². The number of halogens is 1. The number of amides is 1. The second kappa shape index (κ2) is 8.36. The molecule has 0 aliphatic carbocycles. The maximum absolute atomic E-state index is 13.7. The number of fused-ring (bicyclic) bond motifs is 1. The zero-order chi connectivity index (χ0) is 20.2. The predicted molar refractivity (Wildman–Crippen MR) is 112 cm³/mol. The predicted octanol–water partition coefficient (Wildman–Crippen LogP) is 5.08. The van der Waals surface area contributed by atoms with E-state index in [4.69, 9.17) is 4.74 Å². The van der Waals surface area contributed by atoms with E-state index in [1.165, 1.54) is 34.4 Å². The van der Waals surface area contributed by atoms with Gasteiger partial charge in [-0.15, -0.1) is 0 Å². The first-order valence-electron chi connectivity index (χ1n) is 9.15. The second-order valence-corrected chi connectivity index (χ2v) is 7.26. The number of rotatable bonds is 6. The van der Waals surface area contributed by atoms with Crippen LogP contribution in [0, 0.1) is 5.82 Å². The van der Waals surface area contributed by atoms with Gasteiger partial charge in [0.05, 0.1) is 23.5 Å². The van der Waals surface area contributed by atoms with Crippen LogP contribution in [0.3, 0.4) is 0 Å². The quantitative estimate of drug-likeness (QED) is 0.447. The maximum Gasteiger partial charge on any atom is 0.260 e. The monoisotopic (exact) mass is 407 g/mol. The molecular weight excluding hydrogens is 389 g/mol. The smallest absolute Gasteiger partial charge is 0.260 e. The van der Waals surface area contributed by atoms with Crippen LogP contribution in [0.25, 0.3) is 10.2 Å². The van der Waals surface area contributed by atoms with Gasteiger partial charge in [0, 0.05) is 11.8 Å². The molecule has 4 aromatic rings. The molecule has 0 unspecified atom stereocenters. The highest BCUT2D eigenvalue weighted by atomic mass is 32.1. The Morgan fingerprint density at radius 3 is 2.76 bits per heavy atom. The van der Waals surface area contributed by atoms with E-state index in [1.54, 1.807) is 12.3 Å². The zero-order valence-corrected chi connectivity index (χ0v) is 16.5. The van der Waals surface area contributed by atoms with Crippen molar-refractivity contribution in [3.8, 4) is 5.75 Å². The van der Waals surface area contributed by atoms with Crippen molar-refractivity contribution in [1.82, 2.24) is 9.97 Å². The van der Waals surface area contributed by atoms with Crippen LogP contribution in [0.15, 0.2) is 66.9 Å². The van der Waals surface area contributed by atoms with Crippen molar-refractivity contribution in [2.24, 2.45) is 0 Å². The third-order valence-corrected chi connectivity index (χ3v) is 5.31. The fraction of sp³-hybridized carbons (Fsp3) is 0.136. The van der Waals surface area contributed by atoms with Gasteiger partial charge in [-0.3, -0.25) is 14.7 Å². The number of hydrogen-bond donors (Lipinski definition) is 0. The van der Waals surface area contributed by atoms with E-state index in [1.807, 2.05) is 43.3 Å². The largest absolute Gasteiger partial charge is 0.492 e. The summed E-state index contributed by atoms with van der Waals surface area (Å²) in [4.78, 5) is 23.8. The summed E-state index contributed by atoms with van der Waals surface area (Å²) < 4.78 is 20.3. The van der Waals surface area contributed by atoms with Gasteiger partial charge in [-0.1, -0.05) is 29.5 Å². The van der Waals surface area contributed by atoms with E-state index in [2.05, 4.69) is 9.97 Å². The number of thiazole rings is 1. The third kappa shape index (κ3) is 4.09. The molecule has 0 saturated carbocycles. The number of carbonyl (C=O) groups is 1. The summed E-state index contributed by atoms with van der Waals surface area (Å²) in [7, 11) is 0. The van der Waals surface area contributed by atoms with Crippen molar-refractivity contribution in [3.63, 3.8) is 0 Å². The van der Waals surface area contributed by atoms with Crippen molar-refractivity contribution < 1.29 is 13.9 Å². The van der Waals surface area contributed by atoms with Crippen molar-refractivity contribution in [2.75, 3.05) is 11.5 Å². The maximum atomic E-state index is 13.7. The highest BCUT2D eigenvalue weighted by Crippen LogP contribution is 2.35. The minimum Gasteiger partial charge on any atom is -0.492 e. The summed E-state index contributed by atoms with van der Waals surface area (Å²) in [6.07, 6.45) is 1.67. The van der Waals surface area contributed by atoms with Crippen LogP contribution in [-0.2, 0) is 6.54 Å². The van der Waals surface area contributed by atoms with Gasteiger partial charge < -0.3 is 4.74 Å². The Labute approximate surface area is 171 Å². The fourth-order valence-electron chi connectivity index (χ4n) is 2.96. The first kappa shape index (κ1) is 19.0. The summed E-state index contributed by atoms with van der Waals surface area (Å²) in [6, 6.07) is 16.9. The number of anilines is 1. The van der Waals surface area contributed by atoms with Gasteiger partial charge >= 0.3 is 0 Å². The number of benzene rings is 2. The Balaban J connectivity index is 1.78. The molecule has 0 N–H and O–H groups in total. The molecule has 4 rings (SSSR count). The second-order valence-electron chi connectivity index (χ2n) is 6.26. The van der Waals surface area contributed by atoms with E-state index in [0.29, 0.717) is 28.7 Å². The van der Waals surface area contributed by atoms with E-state index in [0.717, 1.165) is 4.70 Å².